The quantitative estimate of drug-likeness (QED) is 0.367. The molecule has 0 aromatic heterocycles. The molecular formula is C21H30O6. The minimum absolute atomic E-state index is 0.116. The lowest BCUT2D eigenvalue weighted by molar-refractivity contribution is -0.206. The van der Waals surface area contributed by atoms with Gasteiger partial charge in [-0.3, -0.25) is 4.79 Å². The topological polar surface area (TPSA) is 78.9 Å². The van der Waals surface area contributed by atoms with Crippen molar-refractivity contribution in [1.82, 2.24) is 0 Å². The highest BCUT2D eigenvalue weighted by Gasteiger charge is 2.56. The zero-order valence-electron chi connectivity index (χ0n) is 16.5. The van der Waals surface area contributed by atoms with Crippen LogP contribution in [0.1, 0.15) is 59.3 Å². The van der Waals surface area contributed by atoms with Gasteiger partial charge in [0.15, 0.2) is 6.61 Å². The first-order valence-corrected chi connectivity index (χ1v) is 9.90. The average molecular weight is 378 g/mol. The standard InChI is InChI=1S/C21H30O6/c1-12(2)19(24)25-11-17(22)27-20(26-13(3)4)18(23)21-8-14-5-15(9-21)7-16(6-14)10-21/h13-16,20H,1,5-11H2,2-4H3. The molecule has 0 N–H and O–H groups in total. The Morgan fingerprint density at radius 2 is 1.56 bits per heavy atom. The molecule has 6 nitrogen and oxygen atoms in total. The lowest BCUT2D eigenvalue weighted by Gasteiger charge is -2.56. The van der Waals surface area contributed by atoms with Crippen LogP contribution in [0.25, 0.3) is 0 Å². The number of Topliss-reactive ketones (excluding diaryl/α,β-unsaturated/α-hetero) is 1. The Morgan fingerprint density at radius 1 is 1.04 bits per heavy atom. The van der Waals surface area contributed by atoms with E-state index in [0.717, 1.165) is 19.3 Å². The van der Waals surface area contributed by atoms with Gasteiger partial charge in [0.05, 0.1) is 6.10 Å². The van der Waals surface area contributed by atoms with Crippen LogP contribution in [-0.2, 0) is 28.6 Å². The molecule has 150 valence electrons. The smallest absolute Gasteiger partial charge is 0.346 e. The van der Waals surface area contributed by atoms with E-state index in [1.807, 2.05) is 0 Å². The third kappa shape index (κ3) is 4.42. The molecule has 0 aromatic rings. The maximum absolute atomic E-state index is 13.4. The minimum Gasteiger partial charge on any atom is -0.450 e. The van der Waals surface area contributed by atoms with Crippen LogP contribution in [-0.4, -0.2) is 36.7 Å². The molecule has 1 unspecified atom stereocenters. The highest BCUT2D eigenvalue weighted by Crippen LogP contribution is 2.60. The summed E-state index contributed by atoms with van der Waals surface area (Å²) in [6, 6.07) is 0. The van der Waals surface area contributed by atoms with Crippen LogP contribution in [0.4, 0.5) is 0 Å². The molecule has 0 radical (unpaired) electrons. The first kappa shape index (κ1) is 20.1. The van der Waals surface area contributed by atoms with Gasteiger partial charge in [0.1, 0.15) is 0 Å². The van der Waals surface area contributed by atoms with Gasteiger partial charge in [0.25, 0.3) is 6.29 Å². The fraction of sp³-hybridized carbons (Fsp3) is 0.762. The van der Waals surface area contributed by atoms with Crippen LogP contribution in [0.5, 0.6) is 0 Å². The molecule has 1 atom stereocenters. The van der Waals surface area contributed by atoms with Crippen LogP contribution >= 0.6 is 0 Å². The van der Waals surface area contributed by atoms with Crippen molar-refractivity contribution in [2.24, 2.45) is 23.2 Å². The van der Waals surface area contributed by atoms with Gasteiger partial charge in [-0.15, -0.1) is 0 Å². The van der Waals surface area contributed by atoms with Crippen molar-refractivity contribution in [1.29, 1.82) is 0 Å². The molecule has 4 aliphatic rings. The lowest BCUT2D eigenvalue weighted by atomic mass is 9.48. The predicted molar refractivity (Wildman–Crippen MR) is 97.5 cm³/mol. The normalized spacial score (nSPS) is 32.2. The summed E-state index contributed by atoms with van der Waals surface area (Å²) in [6.07, 6.45) is 4.78. The number of esters is 2. The van der Waals surface area contributed by atoms with E-state index in [2.05, 4.69) is 6.58 Å². The molecule has 6 heteroatoms. The molecule has 4 fully saturated rings. The molecule has 4 saturated carbocycles. The Labute approximate surface area is 160 Å². The monoisotopic (exact) mass is 378 g/mol. The van der Waals surface area contributed by atoms with Crippen molar-refractivity contribution in [3.05, 3.63) is 12.2 Å². The van der Waals surface area contributed by atoms with Crippen molar-refractivity contribution in [3.8, 4) is 0 Å². The minimum atomic E-state index is -1.24. The van der Waals surface area contributed by atoms with E-state index in [4.69, 9.17) is 14.2 Å². The van der Waals surface area contributed by atoms with Gasteiger partial charge in [-0.2, -0.15) is 0 Å². The number of carbonyl (C=O) groups excluding carboxylic acids is 3. The van der Waals surface area contributed by atoms with E-state index in [0.29, 0.717) is 17.8 Å². The number of rotatable bonds is 8. The number of ether oxygens (including phenoxy) is 3. The van der Waals surface area contributed by atoms with E-state index >= 15 is 0 Å². The molecule has 0 amide bonds. The van der Waals surface area contributed by atoms with Gasteiger partial charge < -0.3 is 14.2 Å². The van der Waals surface area contributed by atoms with Gasteiger partial charge in [0, 0.05) is 11.0 Å². The Hall–Kier alpha value is -1.69. The van der Waals surface area contributed by atoms with Crippen molar-refractivity contribution >= 4 is 17.7 Å². The fourth-order valence-electron chi connectivity index (χ4n) is 5.45. The summed E-state index contributed by atoms with van der Waals surface area (Å²) in [5.74, 6) is 0.246. The summed E-state index contributed by atoms with van der Waals surface area (Å²) in [4.78, 5) is 37.0. The number of hydrogen-bond donors (Lipinski definition) is 0. The van der Waals surface area contributed by atoms with Crippen molar-refractivity contribution < 1.29 is 28.6 Å². The number of ketones is 1. The van der Waals surface area contributed by atoms with E-state index in [1.54, 1.807) is 13.8 Å². The van der Waals surface area contributed by atoms with E-state index in [9.17, 15) is 14.4 Å². The van der Waals surface area contributed by atoms with E-state index in [-0.39, 0.29) is 17.5 Å². The summed E-state index contributed by atoms with van der Waals surface area (Å²) in [5, 5.41) is 0. The Bertz CT molecular complexity index is 599. The molecule has 0 aliphatic heterocycles. The van der Waals surface area contributed by atoms with Crippen molar-refractivity contribution in [3.63, 3.8) is 0 Å². The van der Waals surface area contributed by atoms with Gasteiger partial charge in [-0.05, 0) is 77.0 Å². The first-order valence-electron chi connectivity index (χ1n) is 9.90. The van der Waals surface area contributed by atoms with Gasteiger partial charge in [0.2, 0.25) is 5.78 Å². The molecule has 0 heterocycles. The SMILES string of the molecule is C=C(C)C(=O)OCC(=O)OC(OC(C)C)C(=O)C12CC3CC(CC(C3)C1)C2. The van der Waals surface area contributed by atoms with Gasteiger partial charge in [-0.25, -0.2) is 9.59 Å². The Kier molecular flexibility index (Phi) is 5.75. The molecule has 0 spiro atoms. The molecule has 27 heavy (non-hydrogen) atoms. The summed E-state index contributed by atoms with van der Waals surface area (Å²) in [7, 11) is 0. The molecule has 0 aromatic carbocycles. The average Bonchev–Trinajstić information content (AvgIpc) is 2.56. The van der Waals surface area contributed by atoms with Crippen LogP contribution in [0.2, 0.25) is 0 Å². The third-order valence-electron chi connectivity index (χ3n) is 6.08. The second-order valence-corrected chi connectivity index (χ2v) is 8.93. The fourth-order valence-corrected chi connectivity index (χ4v) is 5.45. The second-order valence-electron chi connectivity index (χ2n) is 8.93. The maximum Gasteiger partial charge on any atom is 0.346 e. The van der Waals surface area contributed by atoms with Crippen LogP contribution in [0, 0.1) is 23.2 Å². The van der Waals surface area contributed by atoms with Gasteiger partial charge in [-0.1, -0.05) is 6.58 Å². The van der Waals surface area contributed by atoms with Gasteiger partial charge >= 0.3 is 11.9 Å². The predicted octanol–water partition coefficient (Wildman–Crippen LogP) is 3.19. The largest absolute Gasteiger partial charge is 0.450 e. The van der Waals surface area contributed by atoms with Crippen LogP contribution in [0.3, 0.4) is 0 Å². The Morgan fingerprint density at radius 3 is 2.00 bits per heavy atom. The highest BCUT2D eigenvalue weighted by atomic mass is 16.7. The zero-order chi connectivity index (χ0) is 19.8. The Balaban J connectivity index is 1.67. The van der Waals surface area contributed by atoms with Crippen molar-refractivity contribution in [2.75, 3.05) is 6.61 Å². The molecular weight excluding hydrogens is 348 g/mol. The molecule has 4 bridgehead atoms. The summed E-state index contributed by atoms with van der Waals surface area (Å²) < 4.78 is 15.8. The number of hydrogen-bond acceptors (Lipinski definition) is 6. The number of carbonyl (C=O) groups is 3. The molecule has 4 aliphatic carbocycles. The third-order valence-corrected chi connectivity index (χ3v) is 6.08. The first-order chi connectivity index (χ1) is 12.7. The lowest BCUT2D eigenvalue weighted by Crippen LogP contribution is -2.54. The van der Waals surface area contributed by atoms with Crippen LogP contribution < -0.4 is 0 Å². The summed E-state index contributed by atoms with van der Waals surface area (Å²) in [6.45, 7) is 8.00. The van der Waals surface area contributed by atoms with E-state index < -0.39 is 30.3 Å². The summed E-state index contributed by atoms with van der Waals surface area (Å²) in [5.41, 5.74) is -0.231. The molecule has 0 saturated heterocycles. The summed E-state index contributed by atoms with van der Waals surface area (Å²) >= 11 is 0. The molecule has 4 rings (SSSR count). The van der Waals surface area contributed by atoms with Crippen LogP contribution in [0.15, 0.2) is 12.2 Å². The van der Waals surface area contributed by atoms with E-state index in [1.165, 1.54) is 26.2 Å². The highest BCUT2D eigenvalue weighted by molar-refractivity contribution is 5.91. The maximum atomic E-state index is 13.4. The van der Waals surface area contributed by atoms with Crippen molar-refractivity contribution in [2.45, 2.75) is 71.7 Å². The zero-order valence-corrected chi connectivity index (χ0v) is 16.5. The second kappa shape index (κ2) is 7.74.